The van der Waals surface area contributed by atoms with Crippen molar-refractivity contribution in [2.75, 3.05) is 6.54 Å². The first-order valence-electron chi connectivity index (χ1n) is 3.64. The SMILES string of the molecule is Cc1ccc(C(=O)CN)c(F)c1. The lowest BCUT2D eigenvalue weighted by Gasteiger charge is -2.00. The van der Waals surface area contributed by atoms with Crippen LogP contribution in [0.25, 0.3) is 0 Å². The van der Waals surface area contributed by atoms with E-state index in [-0.39, 0.29) is 17.9 Å². The molecule has 1 aromatic carbocycles. The minimum Gasteiger partial charge on any atom is -0.324 e. The molecule has 3 heteroatoms. The molecule has 1 aromatic rings. The number of rotatable bonds is 2. The van der Waals surface area contributed by atoms with Crippen LogP contribution in [-0.4, -0.2) is 12.3 Å². The molecule has 0 aliphatic rings. The molecule has 0 unspecified atom stereocenters. The van der Waals surface area contributed by atoms with Gasteiger partial charge in [0.05, 0.1) is 12.1 Å². The van der Waals surface area contributed by atoms with Crippen molar-refractivity contribution < 1.29 is 9.18 Å². The van der Waals surface area contributed by atoms with Gasteiger partial charge in [0, 0.05) is 0 Å². The molecule has 0 spiro atoms. The first kappa shape index (κ1) is 8.87. The van der Waals surface area contributed by atoms with Crippen LogP contribution in [0.4, 0.5) is 4.39 Å². The summed E-state index contributed by atoms with van der Waals surface area (Å²) in [5.41, 5.74) is 5.96. The summed E-state index contributed by atoms with van der Waals surface area (Å²) >= 11 is 0. The van der Waals surface area contributed by atoms with Gasteiger partial charge in [0.1, 0.15) is 5.82 Å². The molecule has 0 radical (unpaired) electrons. The van der Waals surface area contributed by atoms with Crippen LogP contribution in [0.1, 0.15) is 15.9 Å². The van der Waals surface area contributed by atoms with E-state index in [1.54, 1.807) is 13.0 Å². The van der Waals surface area contributed by atoms with Crippen LogP contribution < -0.4 is 5.73 Å². The Morgan fingerprint density at radius 1 is 1.58 bits per heavy atom. The summed E-state index contributed by atoms with van der Waals surface area (Å²) in [5, 5.41) is 0. The first-order chi connectivity index (χ1) is 5.65. The predicted octanol–water partition coefficient (Wildman–Crippen LogP) is 1.28. The topological polar surface area (TPSA) is 43.1 Å². The van der Waals surface area contributed by atoms with Crippen molar-refractivity contribution in [2.45, 2.75) is 6.92 Å². The van der Waals surface area contributed by atoms with Crippen LogP contribution in [0.15, 0.2) is 18.2 Å². The molecule has 0 saturated heterocycles. The van der Waals surface area contributed by atoms with Gasteiger partial charge in [-0.05, 0) is 24.6 Å². The molecule has 0 aliphatic heterocycles. The second kappa shape index (κ2) is 3.45. The van der Waals surface area contributed by atoms with Gasteiger partial charge in [-0.1, -0.05) is 6.07 Å². The summed E-state index contributed by atoms with van der Waals surface area (Å²) in [7, 11) is 0. The summed E-state index contributed by atoms with van der Waals surface area (Å²) in [6.45, 7) is 1.61. The molecule has 0 atom stereocenters. The molecule has 0 aliphatic carbocycles. The zero-order valence-corrected chi connectivity index (χ0v) is 6.80. The van der Waals surface area contributed by atoms with E-state index in [4.69, 9.17) is 5.73 Å². The summed E-state index contributed by atoms with van der Waals surface area (Å²) in [5.74, 6) is -0.863. The third-order valence-electron chi connectivity index (χ3n) is 1.61. The summed E-state index contributed by atoms with van der Waals surface area (Å²) in [6.07, 6.45) is 0. The summed E-state index contributed by atoms with van der Waals surface area (Å²) in [6, 6.07) is 4.47. The highest BCUT2D eigenvalue weighted by molar-refractivity contribution is 5.97. The number of benzene rings is 1. The largest absolute Gasteiger partial charge is 0.324 e. The highest BCUT2D eigenvalue weighted by Crippen LogP contribution is 2.09. The molecular formula is C9H10FNO. The van der Waals surface area contributed by atoms with Crippen molar-refractivity contribution in [3.63, 3.8) is 0 Å². The van der Waals surface area contributed by atoms with E-state index in [1.165, 1.54) is 12.1 Å². The number of hydrogen-bond acceptors (Lipinski definition) is 2. The zero-order chi connectivity index (χ0) is 9.14. The molecule has 64 valence electrons. The van der Waals surface area contributed by atoms with Crippen molar-refractivity contribution in [3.05, 3.63) is 35.1 Å². The van der Waals surface area contributed by atoms with Crippen LogP contribution in [0.3, 0.4) is 0 Å². The maximum Gasteiger partial charge on any atom is 0.179 e. The van der Waals surface area contributed by atoms with E-state index >= 15 is 0 Å². The Kier molecular flexibility index (Phi) is 2.55. The Balaban J connectivity index is 3.09. The molecule has 12 heavy (non-hydrogen) atoms. The Hall–Kier alpha value is -1.22. The number of aryl methyl sites for hydroxylation is 1. The lowest BCUT2D eigenvalue weighted by molar-refractivity contribution is 0.0997. The quantitative estimate of drug-likeness (QED) is 0.674. The van der Waals surface area contributed by atoms with Gasteiger partial charge >= 0.3 is 0 Å². The standard InChI is InChI=1S/C9H10FNO/c1-6-2-3-7(8(10)4-6)9(12)5-11/h2-4H,5,11H2,1H3. The fourth-order valence-corrected chi connectivity index (χ4v) is 0.956. The average Bonchev–Trinajstić information content (AvgIpc) is 2.03. The summed E-state index contributed by atoms with van der Waals surface area (Å²) < 4.78 is 13.0. The molecule has 0 saturated carbocycles. The van der Waals surface area contributed by atoms with Crippen molar-refractivity contribution in [1.82, 2.24) is 0 Å². The fourth-order valence-electron chi connectivity index (χ4n) is 0.956. The molecule has 0 amide bonds. The van der Waals surface area contributed by atoms with E-state index in [0.717, 1.165) is 5.56 Å². The van der Waals surface area contributed by atoms with Gasteiger partial charge in [-0.3, -0.25) is 4.79 Å². The van der Waals surface area contributed by atoms with Gasteiger partial charge in [-0.25, -0.2) is 4.39 Å². The average molecular weight is 167 g/mol. The monoisotopic (exact) mass is 167 g/mol. The molecule has 0 heterocycles. The smallest absolute Gasteiger partial charge is 0.179 e. The van der Waals surface area contributed by atoms with Crippen LogP contribution in [-0.2, 0) is 0 Å². The molecular weight excluding hydrogens is 157 g/mol. The van der Waals surface area contributed by atoms with E-state index in [0.29, 0.717) is 0 Å². The van der Waals surface area contributed by atoms with Gasteiger partial charge in [0.2, 0.25) is 0 Å². The Labute approximate surface area is 70.2 Å². The van der Waals surface area contributed by atoms with Crippen molar-refractivity contribution in [3.8, 4) is 0 Å². The Morgan fingerprint density at radius 3 is 2.75 bits per heavy atom. The fraction of sp³-hybridized carbons (Fsp3) is 0.222. The van der Waals surface area contributed by atoms with Crippen molar-refractivity contribution >= 4 is 5.78 Å². The maximum atomic E-state index is 13.0. The van der Waals surface area contributed by atoms with Gasteiger partial charge in [-0.2, -0.15) is 0 Å². The van der Waals surface area contributed by atoms with E-state index in [2.05, 4.69) is 0 Å². The van der Waals surface area contributed by atoms with Gasteiger partial charge < -0.3 is 5.73 Å². The number of carbonyl (C=O) groups excluding carboxylic acids is 1. The van der Waals surface area contributed by atoms with Crippen LogP contribution in [0, 0.1) is 12.7 Å². The van der Waals surface area contributed by atoms with E-state index < -0.39 is 5.82 Å². The van der Waals surface area contributed by atoms with Gasteiger partial charge in [0.15, 0.2) is 5.78 Å². The van der Waals surface area contributed by atoms with Crippen LogP contribution in [0.5, 0.6) is 0 Å². The minimum atomic E-state index is -0.495. The first-order valence-corrected chi connectivity index (χ1v) is 3.64. The Morgan fingerprint density at radius 2 is 2.25 bits per heavy atom. The van der Waals surface area contributed by atoms with E-state index in [1.807, 2.05) is 0 Å². The number of ketones is 1. The zero-order valence-electron chi connectivity index (χ0n) is 6.80. The normalized spacial score (nSPS) is 9.92. The number of nitrogens with two attached hydrogens (primary N) is 1. The number of carbonyl (C=O) groups is 1. The summed E-state index contributed by atoms with van der Waals surface area (Å²) in [4.78, 5) is 11.0. The lowest BCUT2D eigenvalue weighted by Crippen LogP contribution is -2.15. The minimum absolute atomic E-state index is 0.0723. The second-order valence-corrected chi connectivity index (χ2v) is 2.61. The van der Waals surface area contributed by atoms with Crippen molar-refractivity contribution in [1.29, 1.82) is 0 Å². The third-order valence-corrected chi connectivity index (χ3v) is 1.61. The Bertz CT molecular complexity index is 309. The predicted molar refractivity (Wildman–Crippen MR) is 44.5 cm³/mol. The molecule has 2 nitrogen and oxygen atoms in total. The molecule has 2 N–H and O–H groups in total. The van der Waals surface area contributed by atoms with Gasteiger partial charge in [0.25, 0.3) is 0 Å². The van der Waals surface area contributed by atoms with E-state index in [9.17, 15) is 9.18 Å². The lowest BCUT2D eigenvalue weighted by atomic mass is 10.1. The second-order valence-electron chi connectivity index (χ2n) is 2.61. The van der Waals surface area contributed by atoms with Crippen LogP contribution >= 0.6 is 0 Å². The molecule has 0 aromatic heterocycles. The maximum absolute atomic E-state index is 13.0. The van der Waals surface area contributed by atoms with Crippen molar-refractivity contribution in [2.24, 2.45) is 5.73 Å². The highest BCUT2D eigenvalue weighted by Gasteiger charge is 2.08. The molecule has 0 fully saturated rings. The molecule has 1 rings (SSSR count). The number of Topliss-reactive ketones (excluding diaryl/α,β-unsaturated/α-hetero) is 1. The number of halogens is 1. The molecule has 0 bridgehead atoms. The van der Waals surface area contributed by atoms with Gasteiger partial charge in [-0.15, -0.1) is 0 Å². The number of hydrogen-bond donors (Lipinski definition) is 1. The third kappa shape index (κ3) is 1.68. The van der Waals surface area contributed by atoms with Crippen LogP contribution in [0.2, 0.25) is 0 Å². The highest BCUT2D eigenvalue weighted by atomic mass is 19.1.